The minimum absolute atomic E-state index is 0.0369. The molecule has 1 aliphatic rings. The van der Waals surface area contributed by atoms with Gasteiger partial charge in [-0.1, -0.05) is 6.07 Å². The lowest BCUT2D eigenvalue weighted by Crippen LogP contribution is -2.30. The number of pyridine rings is 1. The zero-order valence-electron chi connectivity index (χ0n) is 11.5. The van der Waals surface area contributed by atoms with Crippen LogP contribution >= 0.6 is 0 Å². The van der Waals surface area contributed by atoms with Gasteiger partial charge in [0.25, 0.3) is 5.91 Å². The van der Waals surface area contributed by atoms with Gasteiger partial charge in [0, 0.05) is 25.2 Å². The predicted molar refractivity (Wildman–Crippen MR) is 74.5 cm³/mol. The highest BCUT2D eigenvalue weighted by molar-refractivity contribution is 5.92. The molecule has 2 aromatic rings. The third-order valence-corrected chi connectivity index (χ3v) is 3.34. The molecule has 3 rings (SSSR count). The van der Waals surface area contributed by atoms with Crippen molar-refractivity contribution in [3.05, 3.63) is 52.4 Å². The molecule has 0 radical (unpaired) electrons. The van der Waals surface area contributed by atoms with Crippen LogP contribution in [0.3, 0.4) is 0 Å². The fraction of sp³-hybridized carbons (Fsp3) is 0.286. The minimum Gasteiger partial charge on any atom is -0.472 e. The molecule has 0 saturated carbocycles. The monoisotopic (exact) mass is 303 g/mol. The summed E-state index contributed by atoms with van der Waals surface area (Å²) in [6, 6.07) is 7.85. The molecule has 0 aliphatic carbocycles. The van der Waals surface area contributed by atoms with E-state index in [0.29, 0.717) is 25.4 Å². The third-order valence-electron chi connectivity index (χ3n) is 3.34. The summed E-state index contributed by atoms with van der Waals surface area (Å²) in [6.07, 6.45) is 2.16. The van der Waals surface area contributed by atoms with Crippen molar-refractivity contribution in [2.75, 3.05) is 13.1 Å². The SMILES string of the molecule is O=C(c1ccc([N+](=O)[O-])o1)N1CCC(Oc2ccccn2)C1. The number of amides is 1. The first-order chi connectivity index (χ1) is 10.6. The number of carbonyl (C=O) groups is 1. The molecule has 1 fully saturated rings. The summed E-state index contributed by atoms with van der Waals surface area (Å²) in [6.45, 7) is 0.898. The molecule has 2 aromatic heterocycles. The molecule has 1 saturated heterocycles. The van der Waals surface area contributed by atoms with Gasteiger partial charge in [-0.3, -0.25) is 14.9 Å². The van der Waals surface area contributed by atoms with E-state index in [1.54, 1.807) is 23.2 Å². The van der Waals surface area contributed by atoms with E-state index in [2.05, 4.69) is 4.98 Å². The van der Waals surface area contributed by atoms with Crippen LogP contribution in [0.25, 0.3) is 0 Å². The molecule has 1 aliphatic heterocycles. The molecule has 0 N–H and O–H groups in total. The smallest absolute Gasteiger partial charge is 0.433 e. The summed E-state index contributed by atoms with van der Waals surface area (Å²) in [7, 11) is 0. The zero-order chi connectivity index (χ0) is 15.5. The van der Waals surface area contributed by atoms with Crippen LogP contribution in [0.5, 0.6) is 5.88 Å². The molecule has 114 valence electrons. The molecular weight excluding hydrogens is 290 g/mol. The first-order valence-electron chi connectivity index (χ1n) is 6.74. The van der Waals surface area contributed by atoms with Crippen LogP contribution in [0.2, 0.25) is 0 Å². The zero-order valence-corrected chi connectivity index (χ0v) is 11.5. The Labute approximate surface area is 125 Å². The second-order valence-corrected chi connectivity index (χ2v) is 4.84. The number of nitrogens with zero attached hydrogens (tertiary/aromatic N) is 3. The van der Waals surface area contributed by atoms with Gasteiger partial charge >= 0.3 is 5.88 Å². The van der Waals surface area contributed by atoms with Crippen molar-refractivity contribution in [3.63, 3.8) is 0 Å². The topological polar surface area (TPSA) is 98.7 Å². The van der Waals surface area contributed by atoms with E-state index in [1.807, 2.05) is 6.07 Å². The van der Waals surface area contributed by atoms with Crippen molar-refractivity contribution in [1.29, 1.82) is 0 Å². The molecule has 1 unspecified atom stereocenters. The van der Waals surface area contributed by atoms with Gasteiger partial charge in [0.15, 0.2) is 5.76 Å². The maximum atomic E-state index is 12.2. The Kier molecular flexibility index (Phi) is 3.73. The Morgan fingerprint density at radius 1 is 1.41 bits per heavy atom. The summed E-state index contributed by atoms with van der Waals surface area (Å²) in [5, 5.41) is 10.6. The van der Waals surface area contributed by atoms with Crippen molar-refractivity contribution in [2.24, 2.45) is 0 Å². The number of ether oxygens (including phenoxy) is 1. The van der Waals surface area contributed by atoms with Gasteiger partial charge in [0.2, 0.25) is 5.88 Å². The summed E-state index contributed by atoms with van der Waals surface area (Å²) < 4.78 is 10.6. The number of rotatable bonds is 4. The standard InChI is InChI=1S/C14H13N3O5/c18-14(11-4-5-13(22-11)17(19)20)16-8-6-10(9-16)21-12-3-1-2-7-15-12/h1-5,7,10H,6,8-9H2. The van der Waals surface area contributed by atoms with E-state index < -0.39 is 10.8 Å². The fourth-order valence-corrected chi connectivity index (χ4v) is 2.29. The van der Waals surface area contributed by atoms with Crippen molar-refractivity contribution >= 4 is 11.8 Å². The maximum absolute atomic E-state index is 12.2. The Balaban J connectivity index is 1.62. The average Bonchev–Trinajstić information content (AvgIpc) is 3.17. The highest BCUT2D eigenvalue weighted by atomic mass is 16.6. The molecule has 0 aromatic carbocycles. The lowest BCUT2D eigenvalue weighted by molar-refractivity contribution is -0.402. The summed E-state index contributed by atoms with van der Waals surface area (Å²) in [5.74, 6) is -0.343. The lowest BCUT2D eigenvalue weighted by atomic mass is 10.3. The number of nitro groups is 1. The third kappa shape index (κ3) is 2.90. The van der Waals surface area contributed by atoms with Gasteiger partial charge in [-0.25, -0.2) is 4.98 Å². The predicted octanol–water partition coefficient (Wildman–Crippen LogP) is 1.88. The van der Waals surface area contributed by atoms with Crippen LogP contribution in [0.1, 0.15) is 17.0 Å². The van der Waals surface area contributed by atoms with E-state index in [0.717, 1.165) is 0 Å². The summed E-state index contributed by atoms with van der Waals surface area (Å²) in [5.41, 5.74) is 0. The summed E-state index contributed by atoms with van der Waals surface area (Å²) in [4.78, 5) is 27.7. The molecule has 22 heavy (non-hydrogen) atoms. The van der Waals surface area contributed by atoms with Crippen LogP contribution in [-0.2, 0) is 0 Å². The van der Waals surface area contributed by atoms with Gasteiger partial charge in [0.1, 0.15) is 11.0 Å². The highest BCUT2D eigenvalue weighted by Crippen LogP contribution is 2.21. The molecule has 0 bridgehead atoms. The van der Waals surface area contributed by atoms with Gasteiger partial charge < -0.3 is 14.1 Å². The second-order valence-electron chi connectivity index (χ2n) is 4.84. The fourth-order valence-electron chi connectivity index (χ4n) is 2.29. The molecule has 8 heteroatoms. The first-order valence-corrected chi connectivity index (χ1v) is 6.74. The summed E-state index contributed by atoms with van der Waals surface area (Å²) >= 11 is 0. The van der Waals surface area contributed by atoms with E-state index >= 15 is 0 Å². The maximum Gasteiger partial charge on any atom is 0.433 e. The number of hydrogen-bond donors (Lipinski definition) is 0. The van der Waals surface area contributed by atoms with Crippen molar-refractivity contribution < 1.29 is 18.9 Å². The molecule has 8 nitrogen and oxygen atoms in total. The van der Waals surface area contributed by atoms with Crippen LogP contribution in [0, 0.1) is 10.1 Å². The van der Waals surface area contributed by atoms with E-state index in [9.17, 15) is 14.9 Å². The average molecular weight is 303 g/mol. The van der Waals surface area contributed by atoms with Crippen molar-refractivity contribution in [2.45, 2.75) is 12.5 Å². The number of hydrogen-bond acceptors (Lipinski definition) is 6. The van der Waals surface area contributed by atoms with Gasteiger partial charge in [-0.15, -0.1) is 0 Å². The lowest BCUT2D eigenvalue weighted by Gasteiger charge is -2.15. The Hall–Kier alpha value is -2.90. The van der Waals surface area contributed by atoms with Gasteiger partial charge in [0.05, 0.1) is 12.6 Å². The number of likely N-dealkylation sites (tertiary alicyclic amines) is 1. The highest BCUT2D eigenvalue weighted by Gasteiger charge is 2.30. The van der Waals surface area contributed by atoms with Crippen LogP contribution in [0.4, 0.5) is 5.88 Å². The first kappa shape index (κ1) is 14.1. The Morgan fingerprint density at radius 3 is 2.95 bits per heavy atom. The normalized spacial score (nSPS) is 17.5. The molecular formula is C14H13N3O5. The number of aromatic nitrogens is 1. The molecule has 3 heterocycles. The van der Waals surface area contributed by atoms with Crippen LogP contribution in [-0.4, -0.2) is 39.9 Å². The molecule has 1 amide bonds. The largest absolute Gasteiger partial charge is 0.472 e. The molecule has 1 atom stereocenters. The van der Waals surface area contributed by atoms with Crippen LogP contribution in [0.15, 0.2) is 40.9 Å². The van der Waals surface area contributed by atoms with Crippen molar-refractivity contribution in [1.82, 2.24) is 9.88 Å². The van der Waals surface area contributed by atoms with Crippen LogP contribution < -0.4 is 4.74 Å². The molecule has 0 spiro atoms. The Morgan fingerprint density at radius 2 is 2.27 bits per heavy atom. The van der Waals surface area contributed by atoms with Crippen molar-refractivity contribution in [3.8, 4) is 5.88 Å². The van der Waals surface area contributed by atoms with E-state index in [1.165, 1.54) is 12.1 Å². The number of carbonyl (C=O) groups excluding carboxylic acids is 1. The van der Waals surface area contributed by atoms with Gasteiger partial charge in [-0.2, -0.15) is 0 Å². The van der Waals surface area contributed by atoms with E-state index in [-0.39, 0.29) is 17.8 Å². The van der Waals surface area contributed by atoms with E-state index in [4.69, 9.17) is 9.15 Å². The van der Waals surface area contributed by atoms with Gasteiger partial charge in [-0.05, 0) is 12.1 Å². The second kappa shape index (κ2) is 5.84. The quantitative estimate of drug-likeness (QED) is 0.631. The number of furan rings is 1. The Bertz CT molecular complexity index is 685. The minimum atomic E-state index is -0.673.